The molecule has 0 heterocycles. The monoisotopic (exact) mass is 237 g/mol. The van der Waals surface area contributed by atoms with Crippen molar-refractivity contribution >= 4 is 0 Å². The third-order valence-electron chi connectivity index (χ3n) is 2.52. The van der Waals surface area contributed by atoms with Gasteiger partial charge in [0.2, 0.25) is 0 Å². The van der Waals surface area contributed by atoms with Crippen LogP contribution in [0.5, 0.6) is 11.5 Å². The number of rotatable bonds is 4. The van der Waals surface area contributed by atoms with Crippen LogP contribution in [0.15, 0.2) is 42.5 Å². The zero-order valence-corrected chi connectivity index (χ0v) is 10.1. The summed E-state index contributed by atoms with van der Waals surface area (Å²) in [6, 6.07) is 16.5. The lowest BCUT2D eigenvalue weighted by Crippen LogP contribution is -1.96. The molecule has 2 rings (SSSR count). The number of terminal acetylenes is 1. The van der Waals surface area contributed by atoms with Gasteiger partial charge in [-0.2, -0.15) is 0 Å². The van der Waals surface area contributed by atoms with Crippen LogP contribution in [-0.2, 0) is 0 Å². The molecular formula is C16H13O2. The van der Waals surface area contributed by atoms with Crippen LogP contribution in [0.4, 0.5) is 0 Å². The number of methoxy groups -OCH3 is 1. The molecule has 2 aromatic rings. The molecule has 0 atom stereocenters. The molecule has 0 unspecified atom stereocenters. The van der Waals surface area contributed by atoms with Gasteiger partial charge in [-0.15, -0.1) is 6.42 Å². The summed E-state index contributed by atoms with van der Waals surface area (Å²) in [6.07, 6.45) is 5.21. The van der Waals surface area contributed by atoms with Gasteiger partial charge in [0, 0.05) is 17.2 Å². The van der Waals surface area contributed by atoms with Gasteiger partial charge in [0.05, 0.1) is 7.11 Å². The standard InChI is InChI=1S/C16H13O2/c1-3-12-18-16-11-7-5-9-14(16)13-8-4-6-10-15(13)17-2/h1,4-10H,12H2,2H3. The summed E-state index contributed by atoms with van der Waals surface area (Å²) in [7, 11) is 1.65. The lowest BCUT2D eigenvalue weighted by atomic mass is 10.0. The van der Waals surface area contributed by atoms with E-state index in [1.165, 1.54) is 0 Å². The molecule has 0 bridgehead atoms. The number of hydrogen-bond donors (Lipinski definition) is 0. The number of para-hydroxylation sites is 2. The molecule has 0 aromatic heterocycles. The molecule has 18 heavy (non-hydrogen) atoms. The minimum atomic E-state index is 0.225. The Morgan fingerprint density at radius 2 is 1.94 bits per heavy atom. The van der Waals surface area contributed by atoms with Gasteiger partial charge in [0.1, 0.15) is 18.1 Å². The topological polar surface area (TPSA) is 18.5 Å². The Morgan fingerprint density at radius 1 is 1.17 bits per heavy atom. The first kappa shape index (κ1) is 12.1. The van der Waals surface area contributed by atoms with E-state index in [0.717, 1.165) is 16.9 Å². The molecule has 0 N–H and O–H groups in total. The summed E-state index contributed by atoms with van der Waals surface area (Å²) in [5.41, 5.74) is 1.88. The van der Waals surface area contributed by atoms with E-state index in [1.54, 1.807) is 13.2 Å². The Kier molecular flexibility index (Phi) is 3.88. The molecule has 0 fully saturated rings. The Morgan fingerprint density at radius 3 is 2.72 bits per heavy atom. The quantitative estimate of drug-likeness (QED) is 0.760. The lowest BCUT2D eigenvalue weighted by molar-refractivity contribution is 0.370. The van der Waals surface area contributed by atoms with E-state index in [0.29, 0.717) is 5.75 Å². The summed E-state index contributed by atoms with van der Waals surface area (Å²) in [6.45, 7) is 0.225. The van der Waals surface area contributed by atoms with Crippen molar-refractivity contribution in [3.05, 3.63) is 48.5 Å². The Hall–Kier alpha value is -2.40. The second-order valence-electron chi connectivity index (χ2n) is 3.61. The molecule has 0 aliphatic heterocycles. The first-order valence-corrected chi connectivity index (χ1v) is 5.57. The first-order chi connectivity index (χ1) is 8.86. The van der Waals surface area contributed by atoms with E-state index >= 15 is 0 Å². The summed E-state index contributed by atoms with van der Waals surface area (Å²) in [5, 5.41) is 0. The van der Waals surface area contributed by atoms with Crippen LogP contribution in [0, 0.1) is 18.4 Å². The minimum absolute atomic E-state index is 0.225. The van der Waals surface area contributed by atoms with E-state index in [2.05, 4.69) is 12.0 Å². The Balaban J connectivity index is 2.47. The molecular weight excluding hydrogens is 224 g/mol. The molecule has 1 radical (unpaired) electrons. The lowest BCUT2D eigenvalue weighted by Gasteiger charge is -2.12. The maximum Gasteiger partial charge on any atom is 0.148 e. The minimum Gasteiger partial charge on any atom is -0.496 e. The van der Waals surface area contributed by atoms with Crippen LogP contribution in [0.3, 0.4) is 0 Å². The van der Waals surface area contributed by atoms with Gasteiger partial charge in [-0.3, -0.25) is 0 Å². The highest BCUT2D eigenvalue weighted by Crippen LogP contribution is 2.35. The van der Waals surface area contributed by atoms with Crippen LogP contribution >= 0.6 is 0 Å². The van der Waals surface area contributed by atoms with Crippen LogP contribution in [0.2, 0.25) is 0 Å². The van der Waals surface area contributed by atoms with Gasteiger partial charge in [0.15, 0.2) is 0 Å². The van der Waals surface area contributed by atoms with Gasteiger partial charge in [-0.05, 0) is 6.07 Å². The SMILES string of the molecule is C#CCOc1[c]cccc1-c1ccccc1OC. The molecule has 0 saturated heterocycles. The van der Waals surface area contributed by atoms with E-state index in [-0.39, 0.29) is 6.61 Å². The van der Waals surface area contributed by atoms with Gasteiger partial charge in [-0.1, -0.05) is 42.3 Å². The summed E-state index contributed by atoms with van der Waals surface area (Å²) in [4.78, 5) is 0. The molecule has 2 aromatic carbocycles. The molecule has 2 nitrogen and oxygen atoms in total. The maximum atomic E-state index is 5.49. The van der Waals surface area contributed by atoms with Crippen molar-refractivity contribution in [3.63, 3.8) is 0 Å². The molecule has 0 saturated carbocycles. The fourth-order valence-electron chi connectivity index (χ4n) is 1.73. The highest BCUT2D eigenvalue weighted by atomic mass is 16.5. The zero-order valence-electron chi connectivity index (χ0n) is 10.1. The highest BCUT2D eigenvalue weighted by molar-refractivity contribution is 5.75. The predicted molar refractivity (Wildman–Crippen MR) is 71.6 cm³/mol. The Labute approximate surface area is 107 Å². The smallest absolute Gasteiger partial charge is 0.148 e. The van der Waals surface area contributed by atoms with Crippen molar-refractivity contribution in [2.45, 2.75) is 0 Å². The average Bonchev–Trinajstić information content (AvgIpc) is 2.45. The summed E-state index contributed by atoms with van der Waals surface area (Å²) >= 11 is 0. The molecule has 2 heteroatoms. The largest absolute Gasteiger partial charge is 0.496 e. The normalized spacial score (nSPS) is 9.56. The molecule has 0 amide bonds. The highest BCUT2D eigenvalue weighted by Gasteiger charge is 2.10. The van der Waals surface area contributed by atoms with Crippen molar-refractivity contribution < 1.29 is 9.47 Å². The second kappa shape index (κ2) is 5.79. The van der Waals surface area contributed by atoms with Crippen LogP contribution in [0.25, 0.3) is 11.1 Å². The summed E-state index contributed by atoms with van der Waals surface area (Å²) in [5.74, 6) is 3.88. The molecule has 0 spiro atoms. The van der Waals surface area contributed by atoms with E-state index in [4.69, 9.17) is 15.9 Å². The fourth-order valence-corrected chi connectivity index (χ4v) is 1.73. The van der Waals surface area contributed by atoms with Crippen molar-refractivity contribution in [1.82, 2.24) is 0 Å². The van der Waals surface area contributed by atoms with Crippen LogP contribution in [0.1, 0.15) is 0 Å². The molecule has 89 valence electrons. The number of benzene rings is 2. The summed E-state index contributed by atoms with van der Waals surface area (Å²) < 4.78 is 10.8. The van der Waals surface area contributed by atoms with Crippen molar-refractivity contribution in [3.8, 4) is 35.0 Å². The molecule has 0 aliphatic rings. The fraction of sp³-hybridized carbons (Fsp3) is 0.125. The number of hydrogen-bond acceptors (Lipinski definition) is 2. The second-order valence-corrected chi connectivity index (χ2v) is 3.61. The van der Waals surface area contributed by atoms with Crippen LogP contribution < -0.4 is 9.47 Å². The van der Waals surface area contributed by atoms with E-state index < -0.39 is 0 Å². The predicted octanol–water partition coefficient (Wildman–Crippen LogP) is 3.17. The van der Waals surface area contributed by atoms with E-state index in [1.807, 2.05) is 36.4 Å². The van der Waals surface area contributed by atoms with Gasteiger partial charge in [-0.25, -0.2) is 0 Å². The van der Waals surface area contributed by atoms with Gasteiger partial charge >= 0.3 is 0 Å². The Bertz CT molecular complexity index is 567. The van der Waals surface area contributed by atoms with Crippen molar-refractivity contribution in [1.29, 1.82) is 0 Å². The number of ether oxygens (including phenoxy) is 2. The van der Waals surface area contributed by atoms with Gasteiger partial charge in [0.25, 0.3) is 0 Å². The maximum absolute atomic E-state index is 5.49. The molecule has 0 aliphatic carbocycles. The van der Waals surface area contributed by atoms with Gasteiger partial charge < -0.3 is 9.47 Å². The third-order valence-corrected chi connectivity index (χ3v) is 2.52. The first-order valence-electron chi connectivity index (χ1n) is 5.57. The van der Waals surface area contributed by atoms with E-state index in [9.17, 15) is 0 Å². The zero-order chi connectivity index (χ0) is 12.8. The van der Waals surface area contributed by atoms with Crippen molar-refractivity contribution in [2.75, 3.05) is 13.7 Å². The average molecular weight is 237 g/mol. The van der Waals surface area contributed by atoms with Crippen molar-refractivity contribution in [2.24, 2.45) is 0 Å². The van der Waals surface area contributed by atoms with Crippen LogP contribution in [-0.4, -0.2) is 13.7 Å². The third kappa shape index (κ3) is 2.46.